The van der Waals surface area contributed by atoms with Gasteiger partial charge in [0.25, 0.3) is 0 Å². The summed E-state index contributed by atoms with van der Waals surface area (Å²) in [5, 5.41) is 15.5. The van der Waals surface area contributed by atoms with Gasteiger partial charge in [-0.25, -0.2) is 10.5 Å². The van der Waals surface area contributed by atoms with E-state index in [1.807, 2.05) is 0 Å². The zero-order chi connectivity index (χ0) is 10.4. The van der Waals surface area contributed by atoms with Gasteiger partial charge in [-0.1, -0.05) is 30.0 Å². The molecule has 78 valence electrons. The molecule has 3 nitrogen and oxygen atoms in total. The quantitative estimate of drug-likeness (QED) is 0.348. The first-order valence-electron chi connectivity index (χ1n) is 4.65. The highest BCUT2D eigenvalue weighted by atomic mass is 17.4. The fraction of sp³-hybridized carbons (Fsp3) is 0.800. The van der Waals surface area contributed by atoms with Crippen molar-refractivity contribution in [3.05, 3.63) is 11.1 Å². The molecule has 0 aliphatic heterocycles. The molecule has 0 amide bonds. The monoisotopic (exact) mass is 188 g/mol. The van der Waals surface area contributed by atoms with Gasteiger partial charge >= 0.3 is 0 Å². The van der Waals surface area contributed by atoms with Crippen LogP contribution in [0.25, 0.3) is 0 Å². The highest BCUT2D eigenvalue weighted by molar-refractivity contribution is 5.17. The Kier molecular flexibility index (Phi) is 5.95. The van der Waals surface area contributed by atoms with Gasteiger partial charge in [-0.3, -0.25) is 0 Å². The average molecular weight is 188 g/mol. The molecule has 0 spiro atoms. The van der Waals surface area contributed by atoms with Crippen LogP contribution >= 0.6 is 0 Å². The maximum Gasteiger partial charge on any atom is -0.0203 e. The first-order valence-corrected chi connectivity index (χ1v) is 4.65. The van der Waals surface area contributed by atoms with Gasteiger partial charge in [0.05, 0.1) is 0 Å². The van der Waals surface area contributed by atoms with Crippen LogP contribution in [0.5, 0.6) is 0 Å². The summed E-state index contributed by atoms with van der Waals surface area (Å²) in [5.41, 5.74) is 3.27. The molecule has 0 aromatic rings. The van der Waals surface area contributed by atoms with Crippen molar-refractivity contribution in [3.63, 3.8) is 0 Å². The van der Waals surface area contributed by atoms with Gasteiger partial charge in [-0.15, -0.1) is 0 Å². The molecule has 0 aromatic carbocycles. The molecule has 1 saturated carbocycles. The van der Waals surface area contributed by atoms with E-state index >= 15 is 0 Å². The summed E-state index contributed by atoms with van der Waals surface area (Å²) in [4.78, 5) is 0. The highest BCUT2D eigenvalue weighted by Gasteiger charge is 2.24. The Morgan fingerprint density at radius 2 is 1.77 bits per heavy atom. The third kappa shape index (κ3) is 3.89. The van der Waals surface area contributed by atoms with Crippen LogP contribution in [-0.4, -0.2) is 10.5 Å². The van der Waals surface area contributed by atoms with Crippen molar-refractivity contribution in [2.75, 3.05) is 0 Å². The number of rotatable bonds is 0. The van der Waals surface area contributed by atoms with E-state index in [1.165, 1.54) is 12.8 Å². The lowest BCUT2D eigenvalue weighted by molar-refractivity contribution is -0.465. The standard InChI is InChI=1S/C10H18.H2O3/c1-7(2)10-6-5-8(3)9(10)4;1-3-2/h8-9H,5-6H2,1-4H3;1-2H/t8-,9?;/m1./s1. The lowest BCUT2D eigenvalue weighted by Gasteiger charge is -2.11. The first-order chi connectivity index (χ1) is 6.04. The van der Waals surface area contributed by atoms with E-state index < -0.39 is 0 Å². The smallest absolute Gasteiger partial charge is 0.0203 e. The second kappa shape index (κ2) is 6.13. The fourth-order valence-electron chi connectivity index (χ4n) is 1.91. The molecule has 13 heavy (non-hydrogen) atoms. The third-order valence-electron chi connectivity index (χ3n) is 2.91. The van der Waals surface area contributed by atoms with Crippen LogP contribution in [-0.2, 0) is 5.04 Å². The molecule has 0 radical (unpaired) electrons. The lowest BCUT2D eigenvalue weighted by Crippen LogP contribution is -2.00. The minimum absolute atomic E-state index is 0.852. The summed E-state index contributed by atoms with van der Waals surface area (Å²) >= 11 is 0. The predicted molar refractivity (Wildman–Crippen MR) is 52.3 cm³/mol. The van der Waals surface area contributed by atoms with Gasteiger partial charge in [0.2, 0.25) is 0 Å². The molecule has 0 aromatic heterocycles. The summed E-state index contributed by atoms with van der Waals surface area (Å²) in [6.07, 6.45) is 2.76. The summed E-state index contributed by atoms with van der Waals surface area (Å²) in [5.74, 6) is 1.77. The molecule has 1 rings (SSSR count). The molecule has 1 aliphatic rings. The third-order valence-corrected chi connectivity index (χ3v) is 2.91. The molecule has 0 heterocycles. The maximum atomic E-state index is 6.62. The summed E-state index contributed by atoms with van der Waals surface area (Å²) in [6, 6.07) is 0. The highest BCUT2D eigenvalue weighted by Crippen LogP contribution is 2.37. The van der Waals surface area contributed by atoms with Crippen molar-refractivity contribution < 1.29 is 15.6 Å². The zero-order valence-electron chi connectivity index (χ0n) is 8.87. The first kappa shape index (κ1) is 12.6. The van der Waals surface area contributed by atoms with Crippen molar-refractivity contribution in [1.29, 1.82) is 0 Å². The molecule has 1 fully saturated rings. The minimum atomic E-state index is 0.852. The average Bonchev–Trinajstić information content (AvgIpc) is 2.34. The summed E-state index contributed by atoms with van der Waals surface area (Å²) in [7, 11) is 0. The predicted octanol–water partition coefficient (Wildman–Crippen LogP) is 3.34. The topological polar surface area (TPSA) is 49.7 Å². The largest absolute Gasteiger partial charge is 0.221 e. The van der Waals surface area contributed by atoms with E-state index in [9.17, 15) is 0 Å². The van der Waals surface area contributed by atoms with Crippen LogP contribution in [0.3, 0.4) is 0 Å². The van der Waals surface area contributed by atoms with Crippen LogP contribution in [0.1, 0.15) is 40.5 Å². The Labute approximate surface area is 79.9 Å². The van der Waals surface area contributed by atoms with Gasteiger partial charge < -0.3 is 0 Å². The van der Waals surface area contributed by atoms with Gasteiger partial charge in [0, 0.05) is 0 Å². The Hall–Kier alpha value is -0.380. The van der Waals surface area contributed by atoms with Crippen LogP contribution < -0.4 is 0 Å². The molecule has 3 heteroatoms. The van der Waals surface area contributed by atoms with Crippen molar-refractivity contribution in [1.82, 2.24) is 0 Å². The van der Waals surface area contributed by atoms with E-state index in [2.05, 4.69) is 32.7 Å². The molecule has 0 bridgehead atoms. The number of allylic oxidation sites excluding steroid dienone is 2. The molecule has 2 N–H and O–H groups in total. The van der Waals surface area contributed by atoms with Crippen molar-refractivity contribution >= 4 is 0 Å². The fourth-order valence-corrected chi connectivity index (χ4v) is 1.91. The Morgan fingerprint density at radius 3 is 1.92 bits per heavy atom. The van der Waals surface area contributed by atoms with Crippen molar-refractivity contribution in [2.45, 2.75) is 40.5 Å². The lowest BCUT2D eigenvalue weighted by atomic mass is 9.95. The van der Waals surface area contributed by atoms with Gasteiger partial charge in [-0.2, -0.15) is 0 Å². The minimum Gasteiger partial charge on any atom is -0.221 e. The Bertz CT molecular complexity index is 171. The molecular weight excluding hydrogens is 168 g/mol. The molecule has 0 saturated heterocycles. The van der Waals surface area contributed by atoms with E-state index in [4.69, 9.17) is 10.5 Å². The van der Waals surface area contributed by atoms with E-state index in [1.54, 1.807) is 11.1 Å². The second-order valence-electron chi connectivity index (χ2n) is 3.91. The Morgan fingerprint density at radius 1 is 1.31 bits per heavy atom. The Balaban J connectivity index is 0.000000424. The van der Waals surface area contributed by atoms with Crippen LogP contribution in [0.15, 0.2) is 11.1 Å². The van der Waals surface area contributed by atoms with Crippen LogP contribution in [0.2, 0.25) is 0 Å². The van der Waals surface area contributed by atoms with Crippen LogP contribution in [0, 0.1) is 11.8 Å². The van der Waals surface area contributed by atoms with Gasteiger partial charge in [-0.05, 0) is 38.5 Å². The maximum absolute atomic E-state index is 6.62. The summed E-state index contributed by atoms with van der Waals surface area (Å²) in [6.45, 7) is 9.20. The second-order valence-corrected chi connectivity index (χ2v) is 3.91. The normalized spacial score (nSPS) is 26.8. The number of hydrogen-bond acceptors (Lipinski definition) is 3. The molecular formula is C10H20O3. The van der Waals surface area contributed by atoms with Gasteiger partial charge in [0.1, 0.15) is 0 Å². The van der Waals surface area contributed by atoms with Crippen molar-refractivity contribution in [3.8, 4) is 0 Å². The van der Waals surface area contributed by atoms with E-state index in [0.717, 1.165) is 11.8 Å². The molecule has 2 atom stereocenters. The van der Waals surface area contributed by atoms with Gasteiger partial charge in [0.15, 0.2) is 0 Å². The van der Waals surface area contributed by atoms with Crippen LogP contribution in [0.4, 0.5) is 0 Å². The molecule has 1 unspecified atom stereocenters. The van der Waals surface area contributed by atoms with E-state index in [-0.39, 0.29) is 0 Å². The summed E-state index contributed by atoms with van der Waals surface area (Å²) < 4.78 is 0. The zero-order valence-corrected chi connectivity index (χ0v) is 8.87. The molecule has 1 aliphatic carbocycles. The number of hydrogen-bond donors (Lipinski definition) is 2. The van der Waals surface area contributed by atoms with Crippen molar-refractivity contribution in [2.24, 2.45) is 11.8 Å². The van der Waals surface area contributed by atoms with E-state index in [0.29, 0.717) is 0 Å². The SMILES string of the molecule is CC(C)=C1CC[C@@H](C)C1C.OOO.